The van der Waals surface area contributed by atoms with E-state index in [0.29, 0.717) is 6.04 Å². The van der Waals surface area contributed by atoms with E-state index >= 15 is 0 Å². The second-order valence-corrected chi connectivity index (χ2v) is 4.91. The van der Waals surface area contributed by atoms with Gasteiger partial charge in [0.05, 0.1) is 0 Å². The highest BCUT2D eigenvalue weighted by molar-refractivity contribution is 5.46. The van der Waals surface area contributed by atoms with Crippen molar-refractivity contribution in [2.75, 3.05) is 5.73 Å². The molecule has 3 N–H and O–H groups in total. The third-order valence-corrected chi connectivity index (χ3v) is 3.78. The Bertz CT molecular complexity index is 329. The van der Waals surface area contributed by atoms with Crippen LogP contribution in [0.25, 0.3) is 0 Å². The van der Waals surface area contributed by atoms with Crippen LogP contribution in [0.5, 0.6) is 0 Å². The molecular formula is C14H22N2. The Morgan fingerprint density at radius 1 is 1.31 bits per heavy atom. The van der Waals surface area contributed by atoms with Gasteiger partial charge in [-0.05, 0) is 37.3 Å². The smallest absolute Gasteiger partial charge is 0.0359 e. The van der Waals surface area contributed by atoms with E-state index in [1.54, 1.807) is 0 Å². The van der Waals surface area contributed by atoms with Crippen molar-refractivity contribution in [3.8, 4) is 0 Å². The number of benzene rings is 1. The fourth-order valence-corrected chi connectivity index (χ4v) is 2.59. The van der Waals surface area contributed by atoms with E-state index in [1.165, 1.54) is 31.2 Å². The SMILES string of the molecule is CC(NCc1ccccc1N)C1CCCC1. The van der Waals surface area contributed by atoms with Gasteiger partial charge in [-0.25, -0.2) is 0 Å². The molecule has 1 aliphatic carbocycles. The van der Waals surface area contributed by atoms with Crippen LogP contribution in [0.3, 0.4) is 0 Å². The van der Waals surface area contributed by atoms with Crippen LogP contribution < -0.4 is 11.1 Å². The van der Waals surface area contributed by atoms with Crippen LogP contribution in [0.15, 0.2) is 24.3 Å². The van der Waals surface area contributed by atoms with E-state index in [9.17, 15) is 0 Å². The second-order valence-electron chi connectivity index (χ2n) is 4.91. The minimum absolute atomic E-state index is 0.613. The van der Waals surface area contributed by atoms with Gasteiger partial charge in [-0.1, -0.05) is 31.0 Å². The fourth-order valence-electron chi connectivity index (χ4n) is 2.59. The van der Waals surface area contributed by atoms with Crippen molar-refractivity contribution in [2.45, 2.75) is 45.2 Å². The van der Waals surface area contributed by atoms with Gasteiger partial charge in [-0.15, -0.1) is 0 Å². The molecule has 2 nitrogen and oxygen atoms in total. The van der Waals surface area contributed by atoms with E-state index < -0.39 is 0 Å². The Balaban J connectivity index is 1.84. The fraction of sp³-hybridized carbons (Fsp3) is 0.571. The monoisotopic (exact) mass is 218 g/mol. The molecule has 0 heterocycles. The quantitative estimate of drug-likeness (QED) is 0.763. The van der Waals surface area contributed by atoms with Gasteiger partial charge < -0.3 is 11.1 Å². The van der Waals surface area contributed by atoms with Crippen molar-refractivity contribution in [1.29, 1.82) is 0 Å². The predicted molar refractivity (Wildman–Crippen MR) is 69.1 cm³/mol. The third-order valence-electron chi connectivity index (χ3n) is 3.78. The van der Waals surface area contributed by atoms with Gasteiger partial charge in [0.15, 0.2) is 0 Å². The lowest BCUT2D eigenvalue weighted by Crippen LogP contribution is -2.31. The molecule has 1 fully saturated rings. The van der Waals surface area contributed by atoms with Crippen LogP contribution in [0, 0.1) is 5.92 Å². The molecular weight excluding hydrogens is 196 g/mol. The standard InChI is InChI=1S/C14H22N2/c1-11(12-6-2-3-7-12)16-10-13-8-4-5-9-14(13)15/h4-5,8-9,11-12,16H,2-3,6-7,10,15H2,1H3. The number of hydrogen-bond acceptors (Lipinski definition) is 2. The van der Waals surface area contributed by atoms with Crippen molar-refractivity contribution >= 4 is 5.69 Å². The highest BCUT2D eigenvalue weighted by atomic mass is 14.9. The summed E-state index contributed by atoms with van der Waals surface area (Å²) in [4.78, 5) is 0. The summed E-state index contributed by atoms with van der Waals surface area (Å²) in [6.07, 6.45) is 5.59. The summed E-state index contributed by atoms with van der Waals surface area (Å²) in [5.41, 5.74) is 8.03. The van der Waals surface area contributed by atoms with Crippen molar-refractivity contribution < 1.29 is 0 Å². The molecule has 0 saturated heterocycles. The van der Waals surface area contributed by atoms with Crippen LogP contribution in [0.1, 0.15) is 38.2 Å². The molecule has 1 aliphatic rings. The summed E-state index contributed by atoms with van der Waals surface area (Å²) in [5.74, 6) is 0.866. The van der Waals surface area contributed by atoms with E-state index in [4.69, 9.17) is 5.73 Å². The highest BCUT2D eigenvalue weighted by Gasteiger charge is 2.20. The molecule has 0 spiro atoms. The van der Waals surface area contributed by atoms with Gasteiger partial charge in [0, 0.05) is 18.3 Å². The van der Waals surface area contributed by atoms with E-state index in [1.807, 2.05) is 18.2 Å². The van der Waals surface area contributed by atoms with Crippen molar-refractivity contribution in [1.82, 2.24) is 5.32 Å². The minimum atomic E-state index is 0.613. The maximum absolute atomic E-state index is 5.92. The normalized spacial score (nSPS) is 18.8. The number of para-hydroxylation sites is 1. The molecule has 2 heteroatoms. The lowest BCUT2D eigenvalue weighted by molar-refractivity contribution is 0.381. The maximum Gasteiger partial charge on any atom is 0.0359 e. The molecule has 0 radical (unpaired) electrons. The Kier molecular flexibility index (Phi) is 3.83. The molecule has 16 heavy (non-hydrogen) atoms. The first-order valence-corrected chi connectivity index (χ1v) is 6.34. The predicted octanol–water partition coefficient (Wildman–Crippen LogP) is 2.94. The molecule has 0 aromatic heterocycles. The largest absolute Gasteiger partial charge is 0.398 e. The maximum atomic E-state index is 5.92. The summed E-state index contributed by atoms with van der Waals surface area (Å²) in [5, 5.41) is 3.60. The Morgan fingerprint density at radius 3 is 2.69 bits per heavy atom. The topological polar surface area (TPSA) is 38.0 Å². The second kappa shape index (κ2) is 5.35. The van der Waals surface area contributed by atoms with Crippen molar-refractivity contribution in [3.05, 3.63) is 29.8 Å². The van der Waals surface area contributed by atoms with Gasteiger partial charge in [0.25, 0.3) is 0 Å². The van der Waals surface area contributed by atoms with Gasteiger partial charge in [-0.3, -0.25) is 0 Å². The molecule has 1 unspecified atom stereocenters. The molecule has 0 aliphatic heterocycles. The Morgan fingerprint density at radius 2 is 2.00 bits per heavy atom. The average molecular weight is 218 g/mol. The summed E-state index contributed by atoms with van der Waals surface area (Å²) >= 11 is 0. The molecule has 1 saturated carbocycles. The number of hydrogen-bond donors (Lipinski definition) is 2. The Labute approximate surface area is 98.2 Å². The first-order chi connectivity index (χ1) is 7.77. The van der Waals surface area contributed by atoms with Crippen molar-refractivity contribution in [2.24, 2.45) is 5.92 Å². The molecule has 1 aromatic carbocycles. The summed E-state index contributed by atoms with van der Waals surface area (Å²) in [7, 11) is 0. The van der Waals surface area contributed by atoms with Gasteiger partial charge >= 0.3 is 0 Å². The zero-order valence-electron chi connectivity index (χ0n) is 10.1. The van der Waals surface area contributed by atoms with Crippen molar-refractivity contribution in [3.63, 3.8) is 0 Å². The van der Waals surface area contributed by atoms with Crippen LogP contribution in [0.2, 0.25) is 0 Å². The number of anilines is 1. The zero-order chi connectivity index (χ0) is 11.4. The van der Waals surface area contributed by atoms with Gasteiger partial charge in [-0.2, -0.15) is 0 Å². The van der Waals surface area contributed by atoms with Crippen LogP contribution in [0.4, 0.5) is 5.69 Å². The molecule has 0 bridgehead atoms. The lowest BCUT2D eigenvalue weighted by Gasteiger charge is -2.20. The number of nitrogen functional groups attached to an aromatic ring is 1. The van der Waals surface area contributed by atoms with Gasteiger partial charge in [0.2, 0.25) is 0 Å². The summed E-state index contributed by atoms with van der Waals surface area (Å²) < 4.78 is 0. The first kappa shape index (κ1) is 11.5. The van der Waals surface area contributed by atoms with Crippen LogP contribution >= 0.6 is 0 Å². The van der Waals surface area contributed by atoms with Crippen LogP contribution in [-0.2, 0) is 6.54 Å². The van der Waals surface area contributed by atoms with Crippen LogP contribution in [-0.4, -0.2) is 6.04 Å². The number of rotatable bonds is 4. The molecule has 0 amide bonds. The van der Waals surface area contributed by atoms with E-state index in [-0.39, 0.29) is 0 Å². The Hall–Kier alpha value is -1.02. The highest BCUT2D eigenvalue weighted by Crippen LogP contribution is 2.27. The summed E-state index contributed by atoms with van der Waals surface area (Å²) in [6, 6.07) is 8.72. The third kappa shape index (κ3) is 2.76. The molecule has 88 valence electrons. The van der Waals surface area contributed by atoms with E-state index in [2.05, 4.69) is 18.3 Å². The molecule has 1 atom stereocenters. The average Bonchev–Trinajstić information content (AvgIpc) is 2.81. The minimum Gasteiger partial charge on any atom is -0.398 e. The lowest BCUT2D eigenvalue weighted by atomic mass is 9.99. The van der Waals surface area contributed by atoms with E-state index in [0.717, 1.165) is 18.2 Å². The zero-order valence-corrected chi connectivity index (χ0v) is 10.1. The van der Waals surface area contributed by atoms with Gasteiger partial charge in [0.1, 0.15) is 0 Å². The molecule has 1 aromatic rings. The number of nitrogens with two attached hydrogens (primary N) is 1. The number of nitrogens with one attached hydrogen (secondary N) is 1. The first-order valence-electron chi connectivity index (χ1n) is 6.34. The molecule has 2 rings (SSSR count). The summed E-state index contributed by atoms with van der Waals surface area (Å²) in [6.45, 7) is 3.19.